The van der Waals surface area contributed by atoms with Gasteiger partial charge in [-0.2, -0.15) is 0 Å². The number of hydrogen-bond donors (Lipinski definition) is 0. The fourth-order valence-corrected chi connectivity index (χ4v) is 9.23. The first-order valence-corrected chi connectivity index (χ1v) is 17.7. The van der Waals surface area contributed by atoms with Crippen molar-refractivity contribution >= 4 is 63.8 Å². The van der Waals surface area contributed by atoms with E-state index in [1.54, 1.807) is 0 Å². The summed E-state index contributed by atoms with van der Waals surface area (Å²) in [6, 6.07) is 67.0. The molecule has 0 atom stereocenters. The predicted molar refractivity (Wildman–Crippen MR) is 214 cm³/mol. The maximum absolute atomic E-state index is 2.35. The molecule has 1 heterocycles. The van der Waals surface area contributed by atoms with Gasteiger partial charge in [-0.3, -0.25) is 0 Å². The van der Waals surface area contributed by atoms with E-state index in [0.29, 0.717) is 0 Å². The molecular weight excluding hydrogens is 609 g/mol. The zero-order chi connectivity index (χ0) is 32.3. The normalized spacial score (nSPS) is 11.7. The second kappa shape index (κ2) is 11.3. The molecule has 228 valence electrons. The minimum atomic E-state index is 1.22. The topological polar surface area (TPSA) is 0 Å². The van der Waals surface area contributed by atoms with Crippen LogP contribution < -0.4 is 0 Å². The molecule has 0 fully saturated rings. The third-order valence-corrected chi connectivity index (χ3v) is 11.3. The SMILES string of the molecule is c1ccc(-c2ccccc2-c2c3ccccc3c(-c3cccc4ccccc34)c3cccc(-c4cccc5c4sc4ccccc45)c23)cc1. The van der Waals surface area contributed by atoms with E-state index in [9.17, 15) is 0 Å². The van der Waals surface area contributed by atoms with Crippen molar-refractivity contribution in [2.45, 2.75) is 0 Å². The molecule has 10 rings (SSSR count). The van der Waals surface area contributed by atoms with Crippen LogP contribution in [-0.2, 0) is 0 Å². The second-order valence-corrected chi connectivity index (χ2v) is 13.8. The van der Waals surface area contributed by atoms with E-state index in [1.165, 1.54) is 97.0 Å². The molecule has 0 nitrogen and oxygen atoms in total. The Morgan fingerprint density at radius 1 is 0.286 bits per heavy atom. The van der Waals surface area contributed by atoms with Crippen LogP contribution in [0.4, 0.5) is 0 Å². The van der Waals surface area contributed by atoms with Crippen LogP contribution in [0.3, 0.4) is 0 Å². The van der Waals surface area contributed by atoms with E-state index in [-0.39, 0.29) is 0 Å². The average Bonchev–Trinajstić information content (AvgIpc) is 3.56. The Bertz CT molecular complexity index is 2870. The Morgan fingerprint density at radius 2 is 0.816 bits per heavy atom. The number of rotatable bonds is 4. The van der Waals surface area contributed by atoms with Crippen LogP contribution in [0.25, 0.3) is 97.0 Å². The van der Waals surface area contributed by atoms with Crippen LogP contribution in [0, 0.1) is 0 Å². The number of fused-ring (bicyclic) bond motifs is 6. The van der Waals surface area contributed by atoms with Crippen LogP contribution in [0.5, 0.6) is 0 Å². The molecule has 0 aliphatic carbocycles. The maximum atomic E-state index is 2.35. The molecular formula is C48H30S. The van der Waals surface area contributed by atoms with Gasteiger partial charge in [0.15, 0.2) is 0 Å². The fraction of sp³-hybridized carbons (Fsp3) is 0. The third kappa shape index (κ3) is 4.37. The minimum absolute atomic E-state index is 1.22. The van der Waals surface area contributed by atoms with E-state index in [1.807, 2.05) is 11.3 Å². The monoisotopic (exact) mass is 638 g/mol. The van der Waals surface area contributed by atoms with Crippen molar-refractivity contribution in [3.05, 3.63) is 182 Å². The molecule has 0 spiro atoms. The molecule has 10 aromatic rings. The summed E-state index contributed by atoms with van der Waals surface area (Å²) in [5.41, 5.74) is 10.1. The lowest BCUT2D eigenvalue weighted by molar-refractivity contribution is 1.60. The molecule has 0 saturated heterocycles. The van der Waals surface area contributed by atoms with E-state index in [0.717, 1.165) is 0 Å². The van der Waals surface area contributed by atoms with E-state index >= 15 is 0 Å². The molecule has 9 aromatic carbocycles. The van der Waals surface area contributed by atoms with Crippen LogP contribution in [0.2, 0.25) is 0 Å². The summed E-state index contributed by atoms with van der Waals surface area (Å²) in [5, 5.41) is 10.2. The average molecular weight is 639 g/mol. The van der Waals surface area contributed by atoms with Crippen molar-refractivity contribution in [2.75, 3.05) is 0 Å². The Hall–Kier alpha value is -6.02. The van der Waals surface area contributed by atoms with Crippen molar-refractivity contribution < 1.29 is 0 Å². The molecule has 49 heavy (non-hydrogen) atoms. The number of hydrogen-bond acceptors (Lipinski definition) is 1. The molecule has 0 aliphatic rings. The fourth-order valence-electron chi connectivity index (χ4n) is 8.00. The van der Waals surface area contributed by atoms with Gasteiger partial charge in [0.05, 0.1) is 0 Å². The van der Waals surface area contributed by atoms with Crippen molar-refractivity contribution in [3.8, 4) is 44.5 Å². The highest BCUT2D eigenvalue weighted by Crippen LogP contribution is 2.51. The maximum Gasteiger partial charge on any atom is 0.0434 e. The summed E-state index contributed by atoms with van der Waals surface area (Å²) in [6.07, 6.45) is 0. The summed E-state index contributed by atoms with van der Waals surface area (Å²) >= 11 is 1.90. The number of benzene rings is 9. The van der Waals surface area contributed by atoms with Gasteiger partial charge in [0.1, 0.15) is 0 Å². The van der Waals surface area contributed by atoms with Gasteiger partial charge in [-0.15, -0.1) is 11.3 Å². The van der Waals surface area contributed by atoms with Gasteiger partial charge in [-0.25, -0.2) is 0 Å². The Kier molecular flexibility index (Phi) is 6.47. The van der Waals surface area contributed by atoms with Crippen LogP contribution in [-0.4, -0.2) is 0 Å². The zero-order valence-electron chi connectivity index (χ0n) is 26.7. The largest absolute Gasteiger partial charge is 0.135 e. The molecule has 1 heteroatoms. The van der Waals surface area contributed by atoms with Crippen molar-refractivity contribution in [1.29, 1.82) is 0 Å². The summed E-state index contributed by atoms with van der Waals surface area (Å²) in [4.78, 5) is 0. The lowest BCUT2D eigenvalue weighted by Crippen LogP contribution is -1.95. The first-order chi connectivity index (χ1) is 24.3. The second-order valence-electron chi connectivity index (χ2n) is 12.7. The first kappa shape index (κ1) is 28.0. The van der Waals surface area contributed by atoms with E-state index in [2.05, 4.69) is 182 Å². The smallest absolute Gasteiger partial charge is 0.0434 e. The summed E-state index contributed by atoms with van der Waals surface area (Å²) in [5.74, 6) is 0. The molecule has 0 bridgehead atoms. The lowest BCUT2D eigenvalue weighted by Gasteiger charge is -2.22. The molecule has 0 aliphatic heterocycles. The zero-order valence-corrected chi connectivity index (χ0v) is 27.5. The van der Waals surface area contributed by atoms with Crippen LogP contribution in [0.1, 0.15) is 0 Å². The summed E-state index contributed by atoms with van der Waals surface area (Å²) in [6.45, 7) is 0. The van der Waals surface area contributed by atoms with Gasteiger partial charge >= 0.3 is 0 Å². The molecule has 0 saturated carbocycles. The Labute approximate surface area is 289 Å². The summed E-state index contributed by atoms with van der Waals surface area (Å²) in [7, 11) is 0. The molecule has 0 N–H and O–H groups in total. The molecule has 0 amide bonds. The summed E-state index contributed by atoms with van der Waals surface area (Å²) < 4.78 is 2.65. The number of thiophene rings is 1. The third-order valence-electron chi connectivity index (χ3n) is 10.1. The molecule has 0 radical (unpaired) electrons. The quantitative estimate of drug-likeness (QED) is 0.168. The van der Waals surface area contributed by atoms with Gasteiger partial charge in [-0.05, 0) is 77.3 Å². The van der Waals surface area contributed by atoms with E-state index < -0.39 is 0 Å². The standard InChI is InChI=1S/C48H30S/c1-2-15-31(16-3-1)34-20-6-7-22-37(34)46-39-24-9-8-23-38(39)45(36-25-12-18-32-17-4-5-19-33(32)36)43-29-13-26-40(47(43)46)42-28-14-27-41-35-21-10-11-30-44(35)49-48(41)42/h1-30H. The molecule has 0 unspecified atom stereocenters. The molecule has 1 aromatic heterocycles. The highest BCUT2D eigenvalue weighted by atomic mass is 32.1. The predicted octanol–water partition coefficient (Wildman–Crippen LogP) is 14.2. The van der Waals surface area contributed by atoms with Gasteiger partial charge < -0.3 is 0 Å². The van der Waals surface area contributed by atoms with Crippen molar-refractivity contribution in [1.82, 2.24) is 0 Å². The van der Waals surface area contributed by atoms with Gasteiger partial charge in [0, 0.05) is 25.7 Å². The first-order valence-electron chi connectivity index (χ1n) is 16.9. The van der Waals surface area contributed by atoms with E-state index in [4.69, 9.17) is 0 Å². The van der Waals surface area contributed by atoms with Gasteiger partial charge in [0.25, 0.3) is 0 Å². The van der Waals surface area contributed by atoms with Crippen LogP contribution >= 0.6 is 11.3 Å². The van der Waals surface area contributed by atoms with Crippen molar-refractivity contribution in [3.63, 3.8) is 0 Å². The minimum Gasteiger partial charge on any atom is -0.135 e. The highest BCUT2D eigenvalue weighted by Gasteiger charge is 2.23. The lowest BCUT2D eigenvalue weighted by atomic mass is 9.80. The van der Waals surface area contributed by atoms with Gasteiger partial charge in [0.2, 0.25) is 0 Å². The Balaban J connectivity index is 1.43. The van der Waals surface area contributed by atoms with Crippen LogP contribution in [0.15, 0.2) is 182 Å². The van der Waals surface area contributed by atoms with Gasteiger partial charge in [-0.1, -0.05) is 176 Å². The van der Waals surface area contributed by atoms with Crippen molar-refractivity contribution in [2.24, 2.45) is 0 Å². The Morgan fingerprint density at radius 3 is 1.65 bits per heavy atom. The highest BCUT2D eigenvalue weighted by molar-refractivity contribution is 7.26.